The van der Waals surface area contributed by atoms with Gasteiger partial charge < -0.3 is 15.2 Å². The van der Waals surface area contributed by atoms with Crippen LogP contribution in [0, 0.1) is 5.82 Å². The van der Waals surface area contributed by atoms with Crippen molar-refractivity contribution in [3.8, 4) is 0 Å². The van der Waals surface area contributed by atoms with Gasteiger partial charge in [0.25, 0.3) is 0 Å². The van der Waals surface area contributed by atoms with Gasteiger partial charge in [0.05, 0.1) is 5.60 Å². The molecule has 1 amide bonds. The average Bonchev–Trinajstić information content (AvgIpc) is 2.45. The Kier molecular flexibility index (Phi) is 4.87. The number of carbonyl (C=O) groups is 1. The Balaban J connectivity index is 1.85. The van der Waals surface area contributed by atoms with Gasteiger partial charge >= 0.3 is 0 Å². The lowest BCUT2D eigenvalue weighted by Gasteiger charge is -2.31. The van der Waals surface area contributed by atoms with Gasteiger partial charge in [-0.3, -0.25) is 4.79 Å². The van der Waals surface area contributed by atoms with E-state index in [2.05, 4.69) is 5.32 Å². The predicted molar refractivity (Wildman–Crippen MR) is 73.4 cm³/mol. The largest absolute Gasteiger partial charge is 0.388 e. The number of nitrogens with one attached hydrogen (secondary N) is 1. The van der Waals surface area contributed by atoms with Crippen molar-refractivity contribution >= 4 is 12.0 Å². The molecule has 1 aromatic rings. The van der Waals surface area contributed by atoms with Crippen LogP contribution in [0.3, 0.4) is 0 Å². The van der Waals surface area contributed by atoms with Crippen LogP contribution < -0.4 is 5.32 Å². The van der Waals surface area contributed by atoms with Crippen molar-refractivity contribution in [2.75, 3.05) is 19.8 Å². The van der Waals surface area contributed by atoms with Gasteiger partial charge in [-0.2, -0.15) is 0 Å². The molecule has 1 aromatic carbocycles. The van der Waals surface area contributed by atoms with E-state index in [0.29, 0.717) is 31.6 Å². The van der Waals surface area contributed by atoms with E-state index in [9.17, 15) is 14.3 Å². The molecule has 20 heavy (non-hydrogen) atoms. The first-order chi connectivity index (χ1) is 9.59. The summed E-state index contributed by atoms with van der Waals surface area (Å²) in [5, 5.41) is 12.8. The minimum atomic E-state index is -0.903. The molecule has 1 aliphatic heterocycles. The first-order valence-corrected chi connectivity index (χ1v) is 6.60. The highest BCUT2D eigenvalue weighted by molar-refractivity contribution is 5.91. The van der Waals surface area contributed by atoms with Crippen LogP contribution in [0.2, 0.25) is 0 Å². The second kappa shape index (κ2) is 6.63. The van der Waals surface area contributed by atoms with E-state index in [-0.39, 0.29) is 18.3 Å². The van der Waals surface area contributed by atoms with Gasteiger partial charge in [0, 0.05) is 44.2 Å². The number of halogens is 1. The lowest BCUT2D eigenvalue weighted by molar-refractivity contribution is -0.119. The second-order valence-corrected chi connectivity index (χ2v) is 4.91. The molecule has 0 atom stereocenters. The quantitative estimate of drug-likeness (QED) is 0.821. The van der Waals surface area contributed by atoms with Crippen LogP contribution in [0.25, 0.3) is 6.08 Å². The van der Waals surface area contributed by atoms with Crippen LogP contribution in [0.15, 0.2) is 30.3 Å². The maximum atomic E-state index is 13.3. The maximum Gasteiger partial charge on any atom is 0.244 e. The third kappa shape index (κ3) is 4.15. The number of aliphatic hydroxyl groups is 1. The van der Waals surface area contributed by atoms with Crippen molar-refractivity contribution < 1.29 is 19.0 Å². The number of carbonyl (C=O) groups excluding carboxylic acids is 1. The van der Waals surface area contributed by atoms with Crippen molar-refractivity contribution in [1.82, 2.24) is 5.32 Å². The zero-order chi connectivity index (χ0) is 14.4. The van der Waals surface area contributed by atoms with Crippen LogP contribution in [0.4, 0.5) is 4.39 Å². The van der Waals surface area contributed by atoms with E-state index >= 15 is 0 Å². The summed E-state index contributed by atoms with van der Waals surface area (Å²) in [4.78, 5) is 11.6. The molecule has 4 nitrogen and oxygen atoms in total. The van der Waals surface area contributed by atoms with E-state index in [1.807, 2.05) is 0 Å². The van der Waals surface area contributed by atoms with Crippen LogP contribution in [-0.4, -0.2) is 36.4 Å². The minimum Gasteiger partial charge on any atom is -0.388 e. The standard InChI is InChI=1S/C15H18FNO3/c16-13-4-2-1-3-12(13)5-6-14(18)17-11-15(19)7-9-20-10-8-15/h1-6,19H,7-11H2,(H,17,18)/b6-5+. The molecule has 1 heterocycles. The Morgan fingerprint density at radius 3 is 2.80 bits per heavy atom. The molecule has 0 bridgehead atoms. The molecule has 0 radical (unpaired) electrons. The molecule has 0 unspecified atom stereocenters. The molecular formula is C15H18FNO3. The Hall–Kier alpha value is -1.72. The van der Waals surface area contributed by atoms with E-state index in [0.717, 1.165) is 0 Å². The Labute approximate surface area is 117 Å². The summed E-state index contributed by atoms with van der Waals surface area (Å²) in [5.74, 6) is -0.729. The summed E-state index contributed by atoms with van der Waals surface area (Å²) in [6.07, 6.45) is 3.69. The van der Waals surface area contributed by atoms with E-state index in [4.69, 9.17) is 4.74 Å². The SMILES string of the molecule is O=C(/C=C/c1ccccc1F)NCC1(O)CCOCC1. The molecule has 1 fully saturated rings. The molecule has 108 valence electrons. The fourth-order valence-electron chi connectivity index (χ4n) is 2.01. The molecule has 0 saturated carbocycles. The van der Waals surface area contributed by atoms with E-state index in [1.165, 1.54) is 18.2 Å². The summed E-state index contributed by atoms with van der Waals surface area (Å²) >= 11 is 0. The minimum absolute atomic E-state index is 0.177. The lowest BCUT2D eigenvalue weighted by Crippen LogP contribution is -2.46. The topological polar surface area (TPSA) is 58.6 Å². The summed E-state index contributed by atoms with van der Waals surface area (Å²) in [7, 11) is 0. The zero-order valence-electron chi connectivity index (χ0n) is 11.1. The van der Waals surface area contributed by atoms with Crippen LogP contribution in [-0.2, 0) is 9.53 Å². The Morgan fingerprint density at radius 2 is 2.10 bits per heavy atom. The molecule has 2 rings (SSSR count). The van der Waals surface area contributed by atoms with Gasteiger partial charge in [-0.05, 0) is 12.1 Å². The maximum absolute atomic E-state index is 13.3. The molecule has 0 aliphatic carbocycles. The van der Waals surface area contributed by atoms with Gasteiger partial charge in [-0.15, -0.1) is 0 Å². The summed E-state index contributed by atoms with van der Waals surface area (Å²) < 4.78 is 18.5. The highest BCUT2D eigenvalue weighted by Crippen LogP contribution is 2.19. The molecule has 2 N–H and O–H groups in total. The fraction of sp³-hybridized carbons (Fsp3) is 0.400. The molecule has 1 aliphatic rings. The summed E-state index contributed by atoms with van der Waals surface area (Å²) in [5.41, 5.74) is -0.549. The van der Waals surface area contributed by atoms with Crippen LogP contribution >= 0.6 is 0 Å². The lowest BCUT2D eigenvalue weighted by atomic mass is 9.94. The molecule has 5 heteroatoms. The van der Waals surface area contributed by atoms with Crippen molar-refractivity contribution in [1.29, 1.82) is 0 Å². The Morgan fingerprint density at radius 1 is 1.40 bits per heavy atom. The van der Waals surface area contributed by atoms with Crippen molar-refractivity contribution in [3.63, 3.8) is 0 Å². The van der Waals surface area contributed by atoms with Crippen molar-refractivity contribution in [2.45, 2.75) is 18.4 Å². The number of benzene rings is 1. The van der Waals surface area contributed by atoms with Gasteiger partial charge in [0.2, 0.25) is 5.91 Å². The number of hydrogen-bond donors (Lipinski definition) is 2. The van der Waals surface area contributed by atoms with Crippen LogP contribution in [0.1, 0.15) is 18.4 Å². The second-order valence-electron chi connectivity index (χ2n) is 4.91. The van der Waals surface area contributed by atoms with Gasteiger partial charge in [0.15, 0.2) is 0 Å². The normalized spacial score (nSPS) is 18.1. The number of ether oxygens (including phenoxy) is 1. The third-order valence-electron chi connectivity index (χ3n) is 3.33. The first-order valence-electron chi connectivity index (χ1n) is 6.60. The molecule has 0 aromatic heterocycles. The van der Waals surface area contributed by atoms with E-state index in [1.54, 1.807) is 18.2 Å². The zero-order valence-corrected chi connectivity index (χ0v) is 11.1. The summed E-state index contributed by atoms with van der Waals surface area (Å²) in [6.45, 7) is 1.17. The molecular weight excluding hydrogens is 261 g/mol. The number of rotatable bonds is 4. The fourth-order valence-corrected chi connectivity index (χ4v) is 2.01. The molecule has 1 saturated heterocycles. The highest BCUT2D eigenvalue weighted by Gasteiger charge is 2.29. The molecule has 0 spiro atoms. The summed E-state index contributed by atoms with van der Waals surface area (Å²) in [6, 6.07) is 6.21. The van der Waals surface area contributed by atoms with Gasteiger partial charge in [-0.25, -0.2) is 4.39 Å². The van der Waals surface area contributed by atoms with Gasteiger partial charge in [-0.1, -0.05) is 18.2 Å². The smallest absolute Gasteiger partial charge is 0.244 e. The third-order valence-corrected chi connectivity index (χ3v) is 3.33. The average molecular weight is 279 g/mol. The van der Waals surface area contributed by atoms with Crippen molar-refractivity contribution in [2.24, 2.45) is 0 Å². The highest BCUT2D eigenvalue weighted by atomic mass is 19.1. The first kappa shape index (κ1) is 14.7. The number of hydrogen-bond acceptors (Lipinski definition) is 3. The van der Waals surface area contributed by atoms with Gasteiger partial charge in [0.1, 0.15) is 5.82 Å². The monoisotopic (exact) mass is 279 g/mol. The van der Waals surface area contributed by atoms with Crippen LogP contribution in [0.5, 0.6) is 0 Å². The predicted octanol–water partition coefficient (Wildman–Crippen LogP) is 1.50. The Bertz CT molecular complexity index is 496. The number of amides is 1. The van der Waals surface area contributed by atoms with Crippen molar-refractivity contribution in [3.05, 3.63) is 41.7 Å². The van der Waals surface area contributed by atoms with E-state index < -0.39 is 5.60 Å².